The van der Waals surface area contributed by atoms with Gasteiger partial charge in [0.1, 0.15) is 0 Å². The second-order valence-electron chi connectivity index (χ2n) is 7.45. The van der Waals surface area contributed by atoms with Crippen LogP contribution in [0.1, 0.15) is 22.7 Å². The summed E-state index contributed by atoms with van der Waals surface area (Å²) in [6.07, 6.45) is 3.68. The highest BCUT2D eigenvalue weighted by Crippen LogP contribution is 2.27. The molecule has 0 saturated heterocycles. The molecule has 8 heteroatoms. The molecule has 5 rings (SSSR count). The monoisotopic (exact) mass is 517 g/mol. The Hall–Kier alpha value is -3.62. The van der Waals surface area contributed by atoms with Gasteiger partial charge in [-0.05, 0) is 41.0 Å². The van der Waals surface area contributed by atoms with Gasteiger partial charge in [-0.3, -0.25) is 19.5 Å². The van der Waals surface area contributed by atoms with Crippen molar-refractivity contribution in [3.8, 4) is 0 Å². The number of aromatic nitrogens is 1. The fourth-order valence-electron chi connectivity index (χ4n) is 3.73. The third kappa shape index (κ3) is 4.22. The van der Waals surface area contributed by atoms with Gasteiger partial charge in [-0.2, -0.15) is 0 Å². The van der Waals surface area contributed by atoms with Crippen LogP contribution in [0.2, 0.25) is 0 Å². The van der Waals surface area contributed by atoms with E-state index in [1.807, 2.05) is 60.7 Å². The summed E-state index contributed by atoms with van der Waals surface area (Å²) in [6.45, 7) is 0. The molecule has 0 saturated carbocycles. The Kier molecular flexibility index (Phi) is 5.62. The molecule has 1 aromatic heterocycles. The quantitative estimate of drug-likeness (QED) is 0.291. The van der Waals surface area contributed by atoms with Crippen LogP contribution in [0.3, 0.4) is 0 Å². The number of allylic oxidation sites excluding steroid dienone is 1. The van der Waals surface area contributed by atoms with E-state index in [0.717, 1.165) is 21.3 Å². The number of hydrogen-bond acceptors (Lipinski definition) is 5. The molecular weight excluding hydrogens is 502 g/mol. The van der Waals surface area contributed by atoms with E-state index < -0.39 is 4.92 Å². The molecule has 0 radical (unpaired) electrons. The summed E-state index contributed by atoms with van der Waals surface area (Å²) in [7, 11) is 0. The molecule has 0 aliphatic carbocycles. The lowest BCUT2D eigenvalue weighted by Gasteiger charge is -2.19. The maximum absolute atomic E-state index is 13.4. The Balaban J connectivity index is 1.71. The van der Waals surface area contributed by atoms with Crippen LogP contribution in [0.5, 0.6) is 0 Å². The predicted molar refractivity (Wildman–Crippen MR) is 133 cm³/mol. The number of nitro benzene ring substituents is 1. The summed E-state index contributed by atoms with van der Waals surface area (Å²) in [5.41, 5.74) is 3.13. The molecule has 1 aliphatic heterocycles. The first-order valence-electron chi connectivity index (χ1n) is 10.1. The van der Waals surface area contributed by atoms with Crippen molar-refractivity contribution in [1.29, 1.82) is 0 Å². The molecule has 1 atom stereocenters. The van der Waals surface area contributed by atoms with Crippen molar-refractivity contribution < 1.29 is 4.92 Å². The van der Waals surface area contributed by atoms with Crippen LogP contribution in [0.25, 0.3) is 11.8 Å². The summed E-state index contributed by atoms with van der Waals surface area (Å²) in [5, 5.41) is 11.1. The van der Waals surface area contributed by atoms with Crippen LogP contribution in [-0.4, -0.2) is 9.49 Å². The van der Waals surface area contributed by atoms with Gasteiger partial charge in [-0.1, -0.05) is 81.9 Å². The molecule has 1 unspecified atom stereocenters. The Labute approximate surface area is 200 Å². The Morgan fingerprint density at radius 2 is 1.79 bits per heavy atom. The molecule has 162 valence electrons. The van der Waals surface area contributed by atoms with E-state index in [1.54, 1.807) is 22.8 Å². The van der Waals surface area contributed by atoms with E-state index in [4.69, 9.17) is 4.99 Å². The van der Waals surface area contributed by atoms with Crippen molar-refractivity contribution in [2.24, 2.45) is 4.99 Å². The number of nitrogens with zero attached hydrogens (tertiary/aromatic N) is 3. The fraction of sp³-hybridized carbons (Fsp3) is 0.0400. The highest BCUT2D eigenvalue weighted by molar-refractivity contribution is 9.10. The molecule has 0 N–H and O–H groups in total. The van der Waals surface area contributed by atoms with Crippen molar-refractivity contribution in [2.45, 2.75) is 6.04 Å². The molecule has 2 heterocycles. The molecule has 4 aromatic rings. The van der Waals surface area contributed by atoms with Crippen LogP contribution < -0.4 is 14.9 Å². The topological polar surface area (TPSA) is 77.5 Å². The summed E-state index contributed by atoms with van der Waals surface area (Å²) < 4.78 is 3.11. The first kappa shape index (κ1) is 21.2. The fourth-order valence-corrected chi connectivity index (χ4v) is 5.01. The second kappa shape index (κ2) is 8.73. The average Bonchev–Trinajstić information content (AvgIpc) is 3.15. The summed E-state index contributed by atoms with van der Waals surface area (Å²) >= 11 is 4.75. The number of nitro groups is 1. The van der Waals surface area contributed by atoms with Crippen molar-refractivity contribution in [3.63, 3.8) is 0 Å². The highest BCUT2D eigenvalue weighted by Gasteiger charge is 2.22. The molecule has 0 bridgehead atoms. The van der Waals surface area contributed by atoms with Crippen LogP contribution in [-0.2, 0) is 0 Å². The van der Waals surface area contributed by atoms with Crippen LogP contribution in [0, 0.1) is 10.1 Å². The standard InChI is InChI=1S/C25H16BrN3O3S/c26-19-11-9-18(10-12-19)22-15-21(17-6-2-1-3-7-17)27-25-28(22)24(30)23(33-25)14-16-5-4-8-20(13-16)29(31)32/h1-15,22H. The Morgan fingerprint density at radius 3 is 2.52 bits per heavy atom. The molecule has 6 nitrogen and oxygen atoms in total. The SMILES string of the molecule is O=c1c(=Cc2cccc([N+](=O)[O-])c2)sc2n1C(c1ccc(Br)cc1)C=C(c1ccccc1)N=2. The highest BCUT2D eigenvalue weighted by atomic mass is 79.9. The van der Waals surface area contributed by atoms with Crippen molar-refractivity contribution in [3.05, 3.63) is 136 Å². The molecule has 1 aliphatic rings. The lowest BCUT2D eigenvalue weighted by Crippen LogP contribution is -2.36. The second-order valence-corrected chi connectivity index (χ2v) is 9.37. The van der Waals surface area contributed by atoms with Gasteiger partial charge in [0, 0.05) is 16.6 Å². The molecule has 0 spiro atoms. The summed E-state index contributed by atoms with van der Waals surface area (Å²) in [4.78, 5) is 29.5. The summed E-state index contributed by atoms with van der Waals surface area (Å²) in [5.74, 6) is 0. The molecule has 33 heavy (non-hydrogen) atoms. The number of benzene rings is 3. The van der Waals surface area contributed by atoms with Gasteiger partial charge in [0.25, 0.3) is 11.2 Å². The third-order valence-corrected chi connectivity index (χ3v) is 6.82. The van der Waals surface area contributed by atoms with Gasteiger partial charge >= 0.3 is 0 Å². The van der Waals surface area contributed by atoms with E-state index in [2.05, 4.69) is 15.9 Å². The smallest absolute Gasteiger partial charge is 0.271 e. The number of halogens is 1. The normalized spacial score (nSPS) is 15.5. The number of non-ortho nitro benzene ring substituents is 1. The van der Waals surface area contributed by atoms with E-state index in [0.29, 0.717) is 14.9 Å². The first-order chi connectivity index (χ1) is 16.0. The van der Waals surface area contributed by atoms with E-state index >= 15 is 0 Å². The molecular formula is C25H16BrN3O3S. The minimum Gasteiger partial charge on any atom is -0.272 e. The lowest BCUT2D eigenvalue weighted by atomic mass is 10.0. The summed E-state index contributed by atoms with van der Waals surface area (Å²) in [6, 6.07) is 23.6. The lowest BCUT2D eigenvalue weighted by molar-refractivity contribution is -0.384. The number of rotatable bonds is 4. The maximum atomic E-state index is 13.4. The maximum Gasteiger partial charge on any atom is 0.271 e. The van der Waals surface area contributed by atoms with E-state index in [1.165, 1.54) is 23.5 Å². The third-order valence-electron chi connectivity index (χ3n) is 5.31. The van der Waals surface area contributed by atoms with Gasteiger partial charge in [-0.15, -0.1) is 0 Å². The van der Waals surface area contributed by atoms with Gasteiger partial charge in [0.15, 0.2) is 4.80 Å². The van der Waals surface area contributed by atoms with Gasteiger partial charge in [0.05, 0.1) is 21.2 Å². The predicted octanol–water partition coefficient (Wildman–Crippen LogP) is 4.67. The van der Waals surface area contributed by atoms with Gasteiger partial charge in [-0.25, -0.2) is 4.99 Å². The molecule has 0 amide bonds. The largest absolute Gasteiger partial charge is 0.272 e. The number of thiazole rings is 1. The molecule has 0 fully saturated rings. The van der Waals surface area contributed by atoms with E-state index in [-0.39, 0.29) is 17.3 Å². The minimum absolute atomic E-state index is 0.0179. The van der Waals surface area contributed by atoms with Gasteiger partial charge < -0.3 is 0 Å². The number of fused-ring (bicyclic) bond motifs is 1. The first-order valence-corrected chi connectivity index (χ1v) is 11.7. The van der Waals surface area contributed by atoms with Crippen molar-refractivity contribution in [1.82, 2.24) is 4.57 Å². The van der Waals surface area contributed by atoms with Crippen molar-refractivity contribution in [2.75, 3.05) is 0 Å². The zero-order valence-corrected chi connectivity index (χ0v) is 19.5. The molecule has 3 aromatic carbocycles. The minimum atomic E-state index is -0.446. The van der Waals surface area contributed by atoms with Crippen LogP contribution in [0.15, 0.2) is 99.2 Å². The van der Waals surface area contributed by atoms with E-state index in [9.17, 15) is 14.9 Å². The Bertz CT molecular complexity index is 1570. The zero-order chi connectivity index (χ0) is 22.9. The Morgan fingerprint density at radius 1 is 1.03 bits per heavy atom. The van der Waals surface area contributed by atoms with Crippen molar-refractivity contribution >= 4 is 44.7 Å². The average molecular weight is 518 g/mol. The van der Waals surface area contributed by atoms with Gasteiger partial charge in [0.2, 0.25) is 0 Å². The van der Waals surface area contributed by atoms with Crippen LogP contribution in [0.4, 0.5) is 5.69 Å². The van der Waals surface area contributed by atoms with Crippen LogP contribution >= 0.6 is 27.3 Å². The zero-order valence-electron chi connectivity index (χ0n) is 17.1. The number of hydrogen-bond donors (Lipinski definition) is 0.